The summed E-state index contributed by atoms with van der Waals surface area (Å²) in [5, 5.41) is 3.78. The van der Waals surface area contributed by atoms with Gasteiger partial charge in [0, 0.05) is 22.7 Å². The Balaban J connectivity index is 2.01. The number of hydrogen-bond acceptors (Lipinski definition) is 2. The van der Waals surface area contributed by atoms with Crippen LogP contribution in [0.15, 0.2) is 48.5 Å². The highest BCUT2D eigenvalue weighted by molar-refractivity contribution is 6.31. The lowest BCUT2D eigenvalue weighted by Crippen LogP contribution is -2.08. The van der Waals surface area contributed by atoms with E-state index >= 15 is 0 Å². The molecule has 2 aromatic rings. The average molecular weight is 286 g/mol. The molecule has 0 aliphatic carbocycles. The molecule has 2 nitrogen and oxygen atoms in total. The molecular formula is C17H16ClNO. The van der Waals surface area contributed by atoms with Gasteiger partial charge in [0.15, 0.2) is 0 Å². The largest absolute Gasteiger partial charge is 0.481 e. The maximum Gasteiger partial charge on any atom is 0.149 e. The van der Waals surface area contributed by atoms with Gasteiger partial charge in [-0.3, -0.25) is 0 Å². The molecule has 20 heavy (non-hydrogen) atoms. The van der Waals surface area contributed by atoms with Crippen LogP contribution in [0.2, 0.25) is 5.02 Å². The standard InChI is InChI=1S/C17H16ClNO/c1-19-13-15-16(18)10-5-11-17(15)20-12-6-9-14-7-3-2-4-8-14/h2-5,7-8,10-11,19H,12-13H2,1H3. The third-order valence-corrected chi connectivity index (χ3v) is 3.09. The summed E-state index contributed by atoms with van der Waals surface area (Å²) in [6, 6.07) is 15.5. The van der Waals surface area contributed by atoms with Crippen molar-refractivity contribution in [2.45, 2.75) is 6.54 Å². The molecule has 0 radical (unpaired) electrons. The van der Waals surface area contributed by atoms with Crippen LogP contribution >= 0.6 is 11.6 Å². The highest BCUT2D eigenvalue weighted by atomic mass is 35.5. The van der Waals surface area contributed by atoms with Gasteiger partial charge in [0.25, 0.3) is 0 Å². The lowest BCUT2D eigenvalue weighted by atomic mass is 10.2. The SMILES string of the molecule is CNCc1c(Cl)cccc1OCC#Cc1ccccc1. The first kappa shape index (κ1) is 14.5. The Morgan fingerprint density at radius 3 is 2.65 bits per heavy atom. The lowest BCUT2D eigenvalue weighted by molar-refractivity contribution is 0.365. The Kier molecular flexibility index (Phi) is 5.49. The van der Waals surface area contributed by atoms with Gasteiger partial charge in [-0.05, 0) is 31.3 Å². The van der Waals surface area contributed by atoms with Gasteiger partial charge in [-0.1, -0.05) is 47.7 Å². The van der Waals surface area contributed by atoms with Gasteiger partial charge >= 0.3 is 0 Å². The number of hydrogen-bond donors (Lipinski definition) is 1. The highest BCUT2D eigenvalue weighted by Crippen LogP contribution is 2.26. The molecule has 0 saturated heterocycles. The summed E-state index contributed by atoms with van der Waals surface area (Å²) in [4.78, 5) is 0. The quantitative estimate of drug-likeness (QED) is 0.868. The maximum atomic E-state index is 6.16. The molecule has 0 saturated carbocycles. The fourth-order valence-electron chi connectivity index (χ4n) is 1.80. The second-order valence-corrected chi connectivity index (χ2v) is 4.61. The monoisotopic (exact) mass is 285 g/mol. The van der Waals surface area contributed by atoms with Crippen molar-refractivity contribution in [1.29, 1.82) is 0 Å². The van der Waals surface area contributed by atoms with Crippen molar-refractivity contribution in [3.63, 3.8) is 0 Å². The van der Waals surface area contributed by atoms with E-state index in [0.29, 0.717) is 18.2 Å². The fraction of sp³-hybridized carbons (Fsp3) is 0.176. The van der Waals surface area contributed by atoms with Crippen LogP contribution in [-0.2, 0) is 6.54 Å². The van der Waals surface area contributed by atoms with Gasteiger partial charge < -0.3 is 10.1 Å². The van der Waals surface area contributed by atoms with E-state index in [2.05, 4.69) is 17.2 Å². The molecular weight excluding hydrogens is 270 g/mol. The van der Waals surface area contributed by atoms with Crippen molar-refractivity contribution in [2.75, 3.05) is 13.7 Å². The Labute approximate surface area is 124 Å². The number of ether oxygens (including phenoxy) is 1. The van der Waals surface area contributed by atoms with E-state index in [1.165, 1.54) is 0 Å². The van der Waals surface area contributed by atoms with E-state index in [4.69, 9.17) is 16.3 Å². The van der Waals surface area contributed by atoms with E-state index in [9.17, 15) is 0 Å². The molecule has 3 heteroatoms. The summed E-state index contributed by atoms with van der Waals surface area (Å²) in [6.07, 6.45) is 0. The molecule has 0 heterocycles. The summed E-state index contributed by atoms with van der Waals surface area (Å²) in [7, 11) is 1.88. The Morgan fingerprint density at radius 2 is 1.90 bits per heavy atom. The highest BCUT2D eigenvalue weighted by Gasteiger charge is 2.06. The summed E-state index contributed by atoms with van der Waals surface area (Å²) in [6.45, 7) is 1.01. The molecule has 0 aliphatic rings. The number of rotatable bonds is 4. The van der Waals surface area contributed by atoms with Crippen molar-refractivity contribution in [3.05, 3.63) is 64.7 Å². The molecule has 0 spiro atoms. The van der Waals surface area contributed by atoms with Crippen molar-refractivity contribution >= 4 is 11.6 Å². The van der Waals surface area contributed by atoms with E-state index < -0.39 is 0 Å². The Morgan fingerprint density at radius 1 is 1.10 bits per heavy atom. The minimum atomic E-state index is 0.339. The first-order valence-corrected chi connectivity index (χ1v) is 6.78. The normalized spacial score (nSPS) is 9.70. The zero-order chi connectivity index (χ0) is 14.2. The molecule has 0 aromatic heterocycles. The first-order valence-electron chi connectivity index (χ1n) is 6.40. The van der Waals surface area contributed by atoms with Crippen LogP contribution in [-0.4, -0.2) is 13.7 Å². The van der Waals surface area contributed by atoms with Gasteiger partial charge in [0.1, 0.15) is 12.4 Å². The van der Waals surface area contributed by atoms with E-state index in [0.717, 1.165) is 16.9 Å². The summed E-state index contributed by atoms with van der Waals surface area (Å²) >= 11 is 6.16. The second-order valence-electron chi connectivity index (χ2n) is 4.20. The molecule has 1 N–H and O–H groups in total. The minimum Gasteiger partial charge on any atom is -0.481 e. The zero-order valence-corrected chi connectivity index (χ0v) is 12.1. The van der Waals surface area contributed by atoms with Crippen LogP contribution < -0.4 is 10.1 Å². The van der Waals surface area contributed by atoms with Crippen molar-refractivity contribution in [3.8, 4) is 17.6 Å². The van der Waals surface area contributed by atoms with Gasteiger partial charge in [-0.25, -0.2) is 0 Å². The van der Waals surface area contributed by atoms with E-state index in [-0.39, 0.29) is 0 Å². The van der Waals surface area contributed by atoms with Crippen molar-refractivity contribution in [1.82, 2.24) is 5.32 Å². The van der Waals surface area contributed by atoms with E-state index in [1.54, 1.807) is 0 Å². The second kappa shape index (κ2) is 7.59. The van der Waals surface area contributed by atoms with Crippen LogP contribution in [0.1, 0.15) is 11.1 Å². The van der Waals surface area contributed by atoms with Gasteiger partial charge in [-0.2, -0.15) is 0 Å². The van der Waals surface area contributed by atoms with Crippen LogP contribution in [0.25, 0.3) is 0 Å². The predicted molar refractivity (Wildman–Crippen MR) is 83.0 cm³/mol. The molecule has 2 aromatic carbocycles. The molecule has 0 fully saturated rings. The van der Waals surface area contributed by atoms with Crippen LogP contribution in [0.5, 0.6) is 5.75 Å². The van der Waals surface area contributed by atoms with Crippen LogP contribution in [0, 0.1) is 11.8 Å². The average Bonchev–Trinajstić information content (AvgIpc) is 2.48. The topological polar surface area (TPSA) is 21.3 Å². The molecule has 0 aliphatic heterocycles. The van der Waals surface area contributed by atoms with E-state index in [1.807, 2.05) is 55.6 Å². The molecule has 0 unspecified atom stereocenters. The molecule has 0 bridgehead atoms. The molecule has 0 atom stereocenters. The summed E-state index contributed by atoms with van der Waals surface area (Å²) < 4.78 is 5.69. The molecule has 102 valence electrons. The Hall–Kier alpha value is -1.95. The van der Waals surface area contributed by atoms with Gasteiger partial charge in [0.2, 0.25) is 0 Å². The Bertz CT molecular complexity index is 614. The third kappa shape index (κ3) is 4.03. The number of benzene rings is 2. The van der Waals surface area contributed by atoms with Crippen molar-refractivity contribution in [2.24, 2.45) is 0 Å². The van der Waals surface area contributed by atoms with Crippen LogP contribution in [0.4, 0.5) is 0 Å². The van der Waals surface area contributed by atoms with Gasteiger partial charge in [-0.15, -0.1) is 0 Å². The number of halogens is 1. The van der Waals surface area contributed by atoms with Gasteiger partial charge in [0.05, 0.1) is 0 Å². The smallest absolute Gasteiger partial charge is 0.149 e. The fourth-order valence-corrected chi connectivity index (χ4v) is 2.03. The van der Waals surface area contributed by atoms with Crippen LogP contribution in [0.3, 0.4) is 0 Å². The molecule has 2 rings (SSSR count). The van der Waals surface area contributed by atoms with Crippen molar-refractivity contribution < 1.29 is 4.74 Å². The summed E-state index contributed by atoms with van der Waals surface area (Å²) in [5.74, 6) is 6.83. The molecule has 0 amide bonds. The predicted octanol–water partition coefficient (Wildman–Crippen LogP) is 3.49. The first-order chi connectivity index (χ1) is 9.81. The summed E-state index contributed by atoms with van der Waals surface area (Å²) in [5.41, 5.74) is 1.94. The third-order valence-electron chi connectivity index (χ3n) is 2.74. The maximum absolute atomic E-state index is 6.16. The minimum absolute atomic E-state index is 0.339. The zero-order valence-electron chi connectivity index (χ0n) is 11.3. The number of nitrogens with one attached hydrogen (secondary N) is 1. The lowest BCUT2D eigenvalue weighted by Gasteiger charge is -2.10.